The Hall–Kier alpha value is -2.30. The summed E-state index contributed by atoms with van der Waals surface area (Å²) in [5.74, 6) is 1.18. The molecule has 38 heavy (non-hydrogen) atoms. The highest BCUT2D eigenvalue weighted by Crippen LogP contribution is 2.31. The number of piperidine rings is 1. The molecule has 9 nitrogen and oxygen atoms in total. The summed E-state index contributed by atoms with van der Waals surface area (Å²) in [4.78, 5) is 34.3. The summed E-state index contributed by atoms with van der Waals surface area (Å²) in [6.45, 7) is 9.83. The van der Waals surface area contributed by atoms with Crippen molar-refractivity contribution in [3.05, 3.63) is 23.8 Å². The van der Waals surface area contributed by atoms with Crippen LogP contribution in [0.3, 0.4) is 0 Å². The standard InChI is InChI=1S/C28H47BN4O5/c1-8-31(15-14-30(4)5)27(34)19-23-11-12-24(20-32(23)29)33(21(2)3)28(35)22-10-13-25(37-7)26(18-22)38-17-9-16-36-6/h10,13,18,21,23-24H,8-9,11-12,14-17,19-20H2,1-7H3/t23-,24?/m0/s1. The molecule has 0 aromatic heterocycles. The Kier molecular flexibility index (Phi) is 13.4. The van der Waals surface area contributed by atoms with Gasteiger partial charge in [0.05, 0.1) is 13.7 Å². The number of rotatable bonds is 15. The SMILES string of the molecule is [B]N1CC(N(C(=O)c2ccc(OC)c(OCCCOC)c2)C(C)C)CC[C@H]1CC(=O)N(CC)CCN(C)C. The molecule has 1 unspecified atom stereocenters. The van der Waals surface area contributed by atoms with E-state index < -0.39 is 0 Å². The molecule has 2 rings (SSSR count). The van der Waals surface area contributed by atoms with Crippen LogP contribution < -0.4 is 9.47 Å². The molecule has 10 heteroatoms. The lowest BCUT2D eigenvalue weighted by atomic mass is 9.90. The van der Waals surface area contributed by atoms with Crippen LogP contribution in [-0.4, -0.2) is 125 Å². The van der Waals surface area contributed by atoms with Crippen molar-refractivity contribution in [1.82, 2.24) is 19.5 Å². The highest BCUT2D eigenvalue weighted by Gasteiger charge is 2.34. The molecule has 1 heterocycles. The molecule has 0 aliphatic carbocycles. The van der Waals surface area contributed by atoms with Crippen LogP contribution in [0.1, 0.15) is 56.8 Å². The van der Waals surface area contributed by atoms with E-state index in [0.29, 0.717) is 56.3 Å². The summed E-state index contributed by atoms with van der Waals surface area (Å²) in [5.41, 5.74) is 0.543. The highest BCUT2D eigenvalue weighted by atomic mass is 16.5. The first kappa shape index (κ1) is 31.9. The third kappa shape index (κ3) is 9.17. The normalized spacial score (nSPS) is 18.0. The molecule has 0 saturated carbocycles. The minimum absolute atomic E-state index is 0.0196. The molecule has 1 fully saturated rings. The molecule has 212 valence electrons. The van der Waals surface area contributed by atoms with Gasteiger partial charge in [0.15, 0.2) is 19.5 Å². The number of ether oxygens (including phenoxy) is 3. The van der Waals surface area contributed by atoms with Crippen molar-refractivity contribution in [3.63, 3.8) is 0 Å². The zero-order chi connectivity index (χ0) is 28.2. The second kappa shape index (κ2) is 16.0. The van der Waals surface area contributed by atoms with Crippen LogP contribution in [0.25, 0.3) is 0 Å². The first-order valence-corrected chi connectivity index (χ1v) is 13.7. The lowest BCUT2D eigenvalue weighted by molar-refractivity contribution is -0.132. The van der Waals surface area contributed by atoms with Crippen molar-refractivity contribution < 1.29 is 23.8 Å². The number of nitrogens with zero attached hydrogens (tertiary/aromatic N) is 4. The van der Waals surface area contributed by atoms with Crippen LogP contribution in [0.5, 0.6) is 11.5 Å². The fourth-order valence-corrected chi connectivity index (χ4v) is 4.87. The zero-order valence-corrected chi connectivity index (χ0v) is 24.4. The quantitative estimate of drug-likeness (QED) is 0.255. The molecule has 0 N–H and O–H groups in total. The fraction of sp³-hybridized carbons (Fsp3) is 0.714. The predicted molar refractivity (Wildman–Crippen MR) is 151 cm³/mol. The number of benzene rings is 1. The summed E-state index contributed by atoms with van der Waals surface area (Å²) in [6, 6.07) is 5.18. The largest absolute Gasteiger partial charge is 0.493 e. The minimum atomic E-state index is -0.0711. The first-order chi connectivity index (χ1) is 18.1. The Morgan fingerprint density at radius 1 is 1.11 bits per heavy atom. The van der Waals surface area contributed by atoms with Gasteiger partial charge in [-0.25, -0.2) is 0 Å². The number of carbonyl (C=O) groups is 2. The Morgan fingerprint density at radius 3 is 2.42 bits per heavy atom. The monoisotopic (exact) mass is 530 g/mol. The first-order valence-electron chi connectivity index (χ1n) is 13.7. The Morgan fingerprint density at radius 2 is 1.84 bits per heavy atom. The molecule has 0 spiro atoms. The molecule has 0 bridgehead atoms. The molecule has 1 aromatic carbocycles. The maximum atomic E-state index is 13.7. The second-order valence-corrected chi connectivity index (χ2v) is 10.4. The van der Waals surface area contributed by atoms with E-state index in [0.717, 1.165) is 25.8 Å². The van der Waals surface area contributed by atoms with Gasteiger partial charge in [-0.15, -0.1) is 0 Å². The van der Waals surface area contributed by atoms with E-state index in [2.05, 4.69) is 4.90 Å². The van der Waals surface area contributed by atoms with E-state index in [9.17, 15) is 9.59 Å². The zero-order valence-electron chi connectivity index (χ0n) is 24.4. The van der Waals surface area contributed by atoms with E-state index >= 15 is 0 Å². The van der Waals surface area contributed by atoms with E-state index in [-0.39, 0.29) is 29.9 Å². The molecule has 2 radical (unpaired) electrons. The number of hydrogen-bond donors (Lipinski definition) is 0. The van der Waals surface area contributed by atoms with Gasteiger partial charge in [-0.3, -0.25) is 9.59 Å². The van der Waals surface area contributed by atoms with E-state index in [1.54, 1.807) is 37.2 Å². The number of likely N-dealkylation sites (N-methyl/N-ethyl adjacent to an activating group) is 2. The number of carbonyl (C=O) groups excluding carboxylic acids is 2. The Labute approximate surface area is 230 Å². The molecular formula is C28H47BN4O5. The van der Waals surface area contributed by atoms with Gasteiger partial charge in [-0.1, -0.05) is 0 Å². The van der Waals surface area contributed by atoms with E-state index in [1.165, 1.54) is 0 Å². The average Bonchev–Trinajstić information content (AvgIpc) is 2.88. The Balaban J connectivity index is 2.08. The summed E-state index contributed by atoms with van der Waals surface area (Å²) in [7, 11) is 13.7. The third-order valence-corrected chi connectivity index (χ3v) is 7.03. The minimum Gasteiger partial charge on any atom is -0.493 e. The summed E-state index contributed by atoms with van der Waals surface area (Å²) >= 11 is 0. The van der Waals surface area contributed by atoms with Gasteiger partial charge < -0.3 is 33.7 Å². The molecule has 1 aliphatic heterocycles. The second-order valence-electron chi connectivity index (χ2n) is 10.4. The number of methoxy groups -OCH3 is 2. The van der Waals surface area contributed by atoms with Crippen LogP contribution in [-0.2, 0) is 9.53 Å². The van der Waals surface area contributed by atoms with Gasteiger partial charge in [0, 0.05) is 76.4 Å². The van der Waals surface area contributed by atoms with Crippen molar-refractivity contribution in [2.45, 2.75) is 64.6 Å². The van der Waals surface area contributed by atoms with Crippen LogP contribution in [0.4, 0.5) is 0 Å². The average molecular weight is 531 g/mol. The van der Waals surface area contributed by atoms with E-state index in [4.69, 9.17) is 22.2 Å². The van der Waals surface area contributed by atoms with Gasteiger partial charge in [-0.05, 0) is 65.9 Å². The van der Waals surface area contributed by atoms with Crippen molar-refractivity contribution >= 4 is 19.8 Å². The van der Waals surface area contributed by atoms with Crippen LogP contribution in [0.2, 0.25) is 0 Å². The van der Waals surface area contributed by atoms with Gasteiger partial charge >= 0.3 is 0 Å². The topological polar surface area (TPSA) is 74.8 Å². The summed E-state index contributed by atoms with van der Waals surface area (Å²) < 4.78 is 16.4. The lowest BCUT2D eigenvalue weighted by Gasteiger charge is -2.44. The van der Waals surface area contributed by atoms with Crippen LogP contribution >= 0.6 is 0 Å². The highest BCUT2D eigenvalue weighted by molar-refractivity contribution is 6.05. The Bertz CT molecular complexity index is 885. The number of hydrogen-bond acceptors (Lipinski definition) is 7. The molecular weight excluding hydrogens is 483 g/mol. The third-order valence-electron chi connectivity index (χ3n) is 7.03. The number of amides is 2. The maximum absolute atomic E-state index is 13.7. The molecule has 2 atom stereocenters. The van der Waals surface area contributed by atoms with E-state index in [1.807, 2.05) is 44.7 Å². The van der Waals surface area contributed by atoms with Crippen molar-refractivity contribution in [3.8, 4) is 11.5 Å². The molecule has 1 aliphatic rings. The van der Waals surface area contributed by atoms with Crippen molar-refractivity contribution in [2.75, 3.05) is 67.7 Å². The summed E-state index contributed by atoms with van der Waals surface area (Å²) in [6.07, 6.45) is 2.67. The fourth-order valence-electron chi connectivity index (χ4n) is 4.87. The van der Waals surface area contributed by atoms with Gasteiger partial charge in [0.25, 0.3) is 5.91 Å². The van der Waals surface area contributed by atoms with Gasteiger partial charge in [0.1, 0.15) is 0 Å². The molecule has 1 saturated heterocycles. The molecule has 2 amide bonds. The van der Waals surface area contributed by atoms with Gasteiger partial charge in [-0.2, -0.15) is 0 Å². The lowest BCUT2D eigenvalue weighted by Crippen LogP contribution is -2.55. The summed E-state index contributed by atoms with van der Waals surface area (Å²) in [5, 5.41) is 0. The van der Waals surface area contributed by atoms with Crippen LogP contribution in [0.15, 0.2) is 18.2 Å². The molecule has 1 aromatic rings. The van der Waals surface area contributed by atoms with Crippen LogP contribution in [0, 0.1) is 0 Å². The maximum Gasteiger partial charge on any atom is 0.254 e. The predicted octanol–water partition coefficient (Wildman–Crippen LogP) is 2.68. The van der Waals surface area contributed by atoms with Crippen molar-refractivity contribution in [2.24, 2.45) is 0 Å². The smallest absolute Gasteiger partial charge is 0.254 e. The van der Waals surface area contributed by atoms with Crippen molar-refractivity contribution in [1.29, 1.82) is 0 Å². The van der Waals surface area contributed by atoms with Gasteiger partial charge in [0.2, 0.25) is 5.91 Å².